The van der Waals surface area contributed by atoms with E-state index in [4.69, 9.17) is 22.1 Å². The molecule has 2 aromatic heterocycles. The molecule has 0 saturated heterocycles. The summed E-state index contributed by atoms with van der Waals surface area (Å²) >= 11 is 5.98. The van der Waals surface area contributed by atoms with E-state index in [-0.39, 0.29) is 12.1 Å². The normalized spacial score (nSPS) is 10.4. The van der Waals surface area contributed by atoms with E-state index in [0.717, 1.165) is 5.56 Å². The van der Waals surface area contributed by atoms with Gasteiger partial charge in [-0.15, -0.1) is 0 Å². The predicted molar refractivity (Wildman–Crippen MR) is 71.4 cm³/mol. The first-order chi connectivity index (χ1) is 9.20. The Bertz CT molecular complexity index is 615. The summed E-state index contributed by atoms with van der Waals surface area (Å²) in [5.74, 6) is 0.410. The zero-order chi connectivity index (χ0) is 13.7. The number of nitrogens with zero attached hydrogens (tertiary/aromatic N) is 3. The molecule has 0 saturated carbocycles. The first-order valence-electron chi connectivity index (χ1n) is 5.69. The van der Waals surface area contributed by atoms with Gasteiger partial charge in [-0.25, -0.2) is 4.68 Å². The van der Waals surface area contributed by atoms with E-state index in [1.807, 2.05) is 0 Å². The van der Waals surface area contributed by atoms with Gasteiger partial charge >= 0.3 is 0 Å². The monoisotopic (exact) mass is 280 g/mol. The summed E-state index contributed by atoms with van der Waals surface area (Å²) < 4.78 is 6.53. The van der Waals surface area contributed by atoms with Crippen LogP contribution in [0.2, 0.25) is 5.02 Å². The second-order valence-corrected chi connectivity index (χ2v) is 4.20. The summed E-state index contributed by atoms with van der Waals surface area (Å²) in [7, 11) is 0. The molecule has 2 heterocycles. The van der Waals surface area contributed by atoms with E-state index < -0.39 is 0 Å². The molecular formula is C12H13ClN4O2. The minimum absolute atomic E-state index is 0.262. The van der Waals surface area contributed by atoms with Crippen LogP contribution in [0.4, 0.5) is 0 Å². The quantitative estimate of drug-likeness (QED) is 0.871. The summed E-state index contributed by atoms with van der Waals surface area (Å²) in [6.45, 7) is 1.02. The molecule has 2 aromatic rings. The summed E-state index contributed by atoms with van der Waals surface area (Å²) in [4.78, 5) is 15.7. The molecule has 100 valence electrons. The number of pyridine rings is 1. The van der Waals surface area contributed by atoms with E-state index in [0.29, 0.717) is 23.9 Å². The van der Waals surface area contributed by atoms with Crippen LogP contribution in [0.15, 0.2) is 35.5 Å². The molecule has 0 fully saturated rings. The summed E-state index contributed by atoms with van der Waals surface area (Å²) in [6, 6.07) is 3.12. The maximum atomic E-state index is 11.8. The Balaban J connectivity index is 2.18. The fourth-order valence-corrected chi connectivity index (χ4v) is 1.66. The Hall–Kier alpha value is -1.92. The van der Waals surface area contributed by atoms with Crippen LogP contribution in [0, 0.1) is 0 Å². The lowest BCUT2D eigenvalue weighted by molar-refractivity contribution is 0.324. The molecule has 2 rings (SSSR count). The highest BCUT2D eigenvalue weighted by atomic mass is 35.5. The summed E-state index contributed by atoms with van der Waals surface area (Å²) in [6.07, 6.45) is 4.62. The van der Waals surface area contributed by atoms with Crippen LogP contribution in [0.5, 0.6) is 5.75 Å². The second kappa shape index (κ2) is 6.31. The van der Waals surface area contributed by atoms with Gasteiger partial charge in [-0.1, -0.05) is 11.6 Å². The molecule has 7 heteroatoms. The fraction of sp³-hybridized carbons (Fsp3) is 0.250. The van der Waals surface area contributed by atoms with Gasteiger partial charge in [-0.05, 0) is 11.6 Å². The molecule has 0 atom stereocenters. The molecular weight excluding hydrogens is 268 g/mol. The van der Waals surface area contributed by atoms with Crippen molar-refractivity contribution in [3.8, 4) is 5.75 Å². The topological polar surface area (TPSA) is 83.0 Å². The minimum Gasteiger partial charge on any atom is -0.490 e. The van der Waals surface area contributed by atoms with Crippen molar-refractivity contribution in [3.05, 3.63) is 51.7 Å². The Morgan fingerprint density at radius 2 is 2.26 bits per heavy atom. The standard InChI is InChI=1S/C12H13ClN4O2/c13-11-7-15-3-1-9(11)8-17-12(18)5-10(6-16-17)19-4-2-14/h1,3,5-7H,2,4,8,14H2. The lowest BCUT2D eigenvalue weighted by atomic mass is 10.3. The van der Waals surface area contributed by atoms with Crippen molar-refractivity contribution in [2.24, 2.45) is 5.73 Å². The van der Waals surface area contributed by atoms with Crippen LogP contribution in [-0.2, 0) is 6.54 Å². The number of hydrogen-bond acceptors (Lipinski definition) is 5. The van der Waals surface area contributed by atoms with E-state index in [1.165, 1.54) is 23.1 Å². The van der Waals surface area contributed by atoms with Gasteiger partial charge in [0.25, 0.3) is 5.56 Å². The Labute approximate surface area is 114 Å². The second-order valence-electron chi connectivity index (χ2n) is 3.79. The molecule has 0 aromatic carbocycles. The van der Waals surface area contributed by atoms with Crippen LogP contribution in [0.1, 0.15) is 5.56 Å². The highest BCUT2D eigenvalue weighted by molar-refractivity contribution is 6.31. The first kappa shape index (κ1) is 13.5. The largest absolute Gasteiger partial charge is 0.490 e. The van der Waals surface area contributed by atoms with Gasteiger partial charge in [-0.3, -0.25) is 9.78 Å². The van der Waals surface area contributed by atoms with Crippen molar-refractivity contribution in [3.63, 3.8) is 0 Å². The zero-order valence-electron chi connectivity index (χ0n) is 10.1. The third kappa shape index (κ3) is 3.52. The predicted octanol–water partition coefficient (Wildman–Crippen LogP) is 0.677. The molecule has 0 spiro atoms. The van der Waals surface area contributed by atoms with E-state index in [9.17, 15) is 4.79 Å². The van der Waals surface area contributed by atoms with Crippen molar-refractivity contribution in [1.82, 2.24) is 14.8 Å². The minimum atomic E-state index is -0.262. The Morgan fingerprint density at radius 1 is 1.42 bits per heavy atom. The molecule has 0 aliphatic heterocycles. The van der Waals surface area contributed by atoms with Crippen LogP contribution < -0.4 is 16.0 Å². The summed E-state index contributed by atoms with van der Waals surface area (Å²) in [5, 5.41) is 4.53. The molecule has 0 aliphatic rings. The average molecular weight is 281 g/mol. The molecule has 2 N–H and O–H groups in total. The molecule has 0 unspecified atom stereocenters. The number of ether oxygens (including phenoxy) is 1. The third-order valence-electron chi connectivity index (χ3n) is 2.41. The molecule has 0 bridgehead atoms. The van der Waals surface area contributed by atoms with Gasteiger partial charge in [0.05, 0.1) is 17.8 Å². The van der Waals surface area contributed by atoms with Gasteiger partial charge in [0.1, 0.15) is 12.4 Å². The molecule has 0 amide bonds. The van der Waals surface area contributed by atoms with E-state index in [2.05, 4.69) is 10.1 Å². The maximum absolute atomic E-state index is 11.8. The summed E-state index contributed by atoms with van der Waals surface area (Å²) in [5.41, 5.74) is 5.83. The SMILES string of the molecule is NCCOc1cnn(Cc2ccncc2Cl)c(=O)c1. The van der Waals surface area contributed by atoms with Gasteiger partial charge in [-0.2, -0.15) is 5.10 Å². The van der Waals surface area contributed by atoms with Crippen LogP contribution in [0.3, 0.4) is 0 Å². The zero-order valence-corrected chi connectivity index (χ0v) is 10.9. The number of rotatable bonds is 5. The Morgan fingerprint density at radius 3 is 2.95 bits per heavy atom. The van der Waals surface area contributed by atoms with Crippen molar-refractivity contribution >= 4 is 11.6 Å². The Kier molecular flexibility index (Phi) is 4.48. The lowest BCUT2D eigenvalue weighted by Gasteiger charge is -2.07. The van der Waals surface area contributed by atoms with Crippen molar-refractivity contribution < 1.29 is 4.74 Å². The number of halogens is 1. The van der Waals surface area contributed by atoms with Crippen LogP contribution in [0.25, 0.3) is 0 Å². The maximum Gasteiger partial charge on any atom is 0.270 e. The first-order valence-corrected chi connectivity index (χ1v) is 6.07. The molecule has 6 nitrogen and oxygen atoms in total. The highest BCUT2D eigenvalue weighted by Gasteiger charge is 2.05. The highest BCUT2D eigenvalue weighted by Crippen LogP contribution is 2.13. The van der Waals surface area contributed by atoms with E-state index in [1.54, 1.807) is 12.3 Å². The number of nitrogens with two attached hydrogens (primary N) is 1. The van der Waals surface area contributed by atoms with Gasteiger partial charge in [0.15, 0.2) is 0 Å². The van der Waals surface area contributed by atoms with Crippen molar-refractivity contribution in [1.29, 1.82) is 0 Å². The number of hydrogen-bond donors (Lipinski definition) is 1. The molecule has 0 radical (unpaired) electrons. The smallest absolute Gasteiger partial charge is 0.270 e. The van der Waals surface area contributed by atoms with Gasteiger partial charge < -0.3 is 10.5 Å². The van der Waals surface area contributed by atoms with Crippen LogP contribution >= 0.6 is 11.6 Å². The van der Waals surface area contributed by atoms with Crippen LogP contribution in [-0.4, -0.2) is 27.9 Å². The van der Waals surface area contributed by atoms with Gasteiger partial charge in [0, 0.05) is 25.0 Å². The van der Waals surface area contributed by atoms with E-state index >= 15 is 0 Å². The van der Waals surface area contributed by atoms with Crippen molar-refractivity contribution in [2.45, 2.75) is 6.54 Å². The molecule has 19 heavy (non-hydrogen) atoms. The van der Waals surface area contributed by atoms with Crippen molar-refractivity contribution in [2.75, 3.05) is 13.2 Å². The fourth-order valence-electron chi connectivity index (χ4n) is 1.49. The van der Waals surface area contributed by atoms with Gasteiger partial charge in [0.2, 0.25) is 0 Å². The third-order valence-corrected chi connectivity index (χ3v) is 2.75. The lowest BCUT2D eigenvalue weighted by Crippen LogP contribution is -2.23. The number of aromatic nitrogens is 3. The average Bonchev–Trinajstić information content (AvgIpc) is 2.41. The molecule has 0 aliphatic carbocycles.